The largest absolute Gasteiger partial charge is 0.453 e. The average Bonchev–Trinajstić information content (AvgIpc) is 2.77. The Labute approximate surface area is 115 Å². The van der Waals surface area contributed by atoms with Crippen LogP contribution >= 0.6 is 23.2 Å². The third-order valence-electron chi connectivity index (χ3n) is 2.80. The topological polar surface area (TPSA) is 25.2 Å². The van der Waals surface area contributed by atoms with Gasteiger partial charge in [0.15, 0.2) is 5.22 Å². The molecule has 1 N–H and O–H groups in total. The molecule has 0 amide bonds. The van der Waals surface area contributed by atoms with Crippen LogP contribution in [-0.2, 0) is 6.42 Å². The van der Waals surface area contributed by atoms with Gasteiger partial charge in [0.25, 0.3) is 0 Å². The monoisotopic (exact) mass is 287 g/mol. The lowest BCUT2D eigenvalue weighted by atomic mass is 10.0. The maximum atomic E-state index is 13.7. The van der Waals surface area contributed by atoms with E-state index in [4.69, 9.17) is 27.6 Å². The summed E-state index contributed by atoms with van der Waals surface area (Å²) in [6.07, 6.45) is 1.96. The summed E-state index contributed by atoms with van der Waals surface area (Å²) in [5.41, 5.74) is 1.35. The molecule has 0 aliphatic carbocycles. The maximum Gasteiger partial charge on any atom is 0.197 e. The van der Waals surface area contributed by atoms with Crippen molar-refractivity contribution < 1.29 is 8.81 Å². The summed E-state index contributed by atoms with van der Waals surface area (Å²) in [4.78, 5) is 0. The van der Waals surface area contributed by atoms with Gasteiger partial charge in [0.1, 0.15) is 5.82 Å². The van der Waals surface area contributed by atoms with Gasteiger partial charge in [-0.05, 0) is 54.9 Å². The van der Waals surface area contributed by atoms with Gasteiger partial charge in [-0.2, -0.15) is 0 Å². The Morgan fingerprint density at radius 3 is 2.72 bits per heavy atom. The lowest BCUT2D eigenvalue weighted by molar-refractivity contribution is 0.533. The third kappa shape index (κ3) is 2.86. The van der Waals surface area contributed by atoms with E-state index < -0.39 is 0 Å². The van der Waals surface area contributed by atoms with E-state index in [1.165, 1.54) is 18.4 Å². The Morgan fingerprint density at radius 2 is 2.11 bits per heavy atom. The number of halogens is 3. The van der Waals surface area contributed by atoms with Gasteiger partial charge in [0.05, 0.1) is 6.26 Å². The number of nitrogens with one attached hydrogen (secondary N) is 1. The highest BCUT2D eigenvalue weighted by molar-refractivity contribution is 6.30. The molecule has 0 saturated heterocycles. The summed E-state index contributed by atoms with van der Waals surface area (Å²) in [5, 5.41) is 3.92. The molecular formula is C13H12Cl2FNO. The van der Waals surface area contributed by atoms with Gasteiger partial charge in [0, 0.05) is 16.6 Å². The van der Waals surface area contributed by atoms with Gasteiger partial charge < -0.3 is 9.73 Å². The van der Waals surface area contributed by atoms with Gasteiger partial charge >= 0.3 is 0 Å². The Bertz CT molecular complexity index is 542. The molecule has 0 aliphatic rings. The summed E-state index contributed by atoms with van der Waals surface area (Å²) in [6.45, 7) is 0. The van der Waals surface area contributed by atoms with Crippen LogP contribution in [0.3, 0.4) is 0 Å². The van der Waals surface area contributed by atoms with Crippen LogP contribution in [0.5, 0.6) is 0 Å². The zero-order valence-corrected chi connectivity index (χ0v) is 11.2. The number of benzene rings is 1. The molecule has 0 fully saturated rings. The molecule has 0 spiro atoms. The second kappa shape index (κ2) is 5.74. The first-order valence-electron chi connectivity index (χ1n) is 5.46. The fourth-order valence-corrected chi connectivity index (χ4v) is 2.28. The van der Waals surface area contributed by atoms with Crippen molar-refractivity contribution in [3.05, 3.63) is 57.7 Å². The molecule has 2 nitrogen and oxygen atoms in total. The van der Waals surface area contributed by atoms with Crippen molar-refractivity contribution in [2.24, 2.45) is 0 Å². The van der Waals surface area contributed by atoms with E-state index in [2.05, 4.69) is 5.32 Å². The standard InChI is InChI=1S/C13H12Cl2FNO/c1-17-12(10-4-5-18-13(10)15)7-8-6-9(14)2-3-11(8)16/h2-6,12,17H,7H2,1H3. The molecule has 2 aromatic rings. The van der Waals surface area contributed by atoms with Crippen LogP contribution in [-0.4, -0.2) is 7.05 Å². The molecular weight excluding hydrogens is 276 g/mol. The van der Waals surface area contributed by atoms with Crippen molar-refractivity contribution in [2.45, 2.75) is 12.5 Å². The highest BCUT2D eigenvalue weighted by Gasteiger charge is 2.17. The van der Waals surface area contributed by atoms with Crippen molar-refractivity contribution in [2.75, 3.05) is 7.05 Å². The van der Waals surface area contributed by atoms with E-state index in [0.717, 1.165) is 5.56 Å². The molecule has 1 heterocycles. The summed E-state index contributed by atoms with van der Waals surface area (Å²) >= 11 is 11.8. The Kier molecular flexibility index (Phi) is 4.27. The minimum absolute atomic E-state index is 0.121. The molecule has 0 radical (unpaired) electrons. The van der Waals surface area contributed by atoms with Crippen molar-refractivity contribution in [1.29, 1.82) is 0 Å². The SMILES string of the molecule is CNC(Cc1cc(Cl)ccc1F)c1ccoc1Cl. The predicted octanol–water partition coefficient (Wildman–Crippen LogP) is 4.23. The molecule has 0 aliphatic heterocycles. The van der Waals surface area contributed by atoms with E-state index in [9.17, 15) is 4.39 Å². The summed E-state index contributed by atoms with van der Waals surface area (Å²) in [6, 6.07) is 6.16. The molecule has 1 unspecified atom stereocenters. The Morgan fingerprint density at radius 1 is 1.33 bits per heavy atom. The molecule has 1 aromatic carbocycles. The summed E-state index contributed by atoms with van der Waals surface area (Å²) in [5.74, 6) is -0.278. The first-order chi connectivity index (χ1) is 8.61. The van der Waals surface area contributed by atoms with Crippen molar-refractivity contribution in [1.82, 2.24) is 5.32 Å². The number of rotatable bonds is 4. The molecule has 18 heavy (non-hydrogen) atoms. The average molecular weight is 288 g/mol. The van der Waals surface area contributed by atoms with E-state index in [-0.39, 0.29) is 11.9 Å². The van der Waals surface area contributed by atoms with Gasteiger partial charge in [-0.25, -0.2) is 4.39 Å². The summed E-state index contributed by atoms with van der Waals surface area (Å²) in [7, 11) is 1.79. The number of hydrogen-bond acceptors (Lipinski definition) is 2. The number of furan rings is 1. The second-order valence-corrected chi connectivity index (χ2v) is 4.71. The lowest BCUT2D eigenvalue weighted by Crippen LogP contribution is -2.19. The minimum Gasteiger partial charge on any atom is -0.453 e. The number of likely N-dealkylation sites (N-methyl/N-ethyl adjacent to an activating group) is 1. The third-order valence-corrected chi connectivity index (χ3v) is 3.34. The number of hydrogen-bond donors (Lipinski definition) is 1. The zero-order chi connectivity index (χ0) is 13.1. The van der Waals surface area contributed by atoms with E-state index >= 15 is 0 Å². The van der Waals surface area contributed by atoms with Gasteiger partial charge in [-0.15, -0.1) is 0 Å². The molecule has 1 atom stereocenters. The summed E-state index contributed by atoms with van der Waals surface area (Å²) < 4.78 is 18.7. The molecule has 2 rings (SSSR count). The first kappa shape index (κ1) is 13.4. The van der Waals surface area contributed by atoms with Gasteiger partial charge in [-0.1, -0.05) is 11.6 Å². The molecule has 5 heteroatoms. The Hall–Kier alpha value is -1.03. The van der Waals surface area contributed by atoms with Crippen LogP contribution in [0.2, 0.25) is 10.2 Å². The predicted molar refractivity (Wildman–Crippen MR) is 70.6 cm³/mol. The second-order valence-electron chi connectivity index (χ2n) is 3.93. The van der Waals surface area contributed by atoms with Crippen LogP contribution in [0.25, 0.3) is 0 Å². The lowest BCUT2D eigenvalue weighted by Gasteiger charge is -2.15. The first-order valence-corrected chi connectivity index (χ1v) is 6.21. The van der Waals surface area contributed by atoms with Crippen LogP contribution in [0.4, 0.5) is 4.39 Å². The fourth-order valence-electron chi connectivity index (χ4n) is 1.84. The normalized spacial score (nSPS) is 12.7. The molecule has 0 bridgehead atoms. The van der Waals surface area contributed by atoms with E-state index in [1.54, 1.807) is 19.2 Å². The van der Waals surface area contributed by atoms with Crippen LogP contribution in [0, 0.1) is 5.82 Å². The van der Waals surface area contributed by atoms with Crippen LogP contribution < -0.4 is 5.32 Å². The molecule has 96 valence electrons. The smallest absolute Gasteiger partial charge is 0.197 e. The molecule has 0 saturated carbocycles. The van der Waals surface area contributed by atoms with E-state index in [1.807, 2.05) is 0 Å². The fraction of sp³-hybridized carbons (Fsp3) is 0.231. The van der Waals surface area contributed by atoms with E-state index in [0.29, 0.717) is 22.2 Å². The van der Waals surface area contributed by atoms with Crippen LogP contribution in [0.15, 0.2) is 34.9 Å². The van der Waals surface area contributed by atoms with Crippen LogP contribution in [0.1, 0.15) is 17.2 Å². The Balaban J connectivity index is 2.26. The maximum absolute atomic E-state index is 13.7. The molecule has 1 aromatic heterocycles. The minimum atomic E-state index is -0.278. The highest BCUT2D eigenvalue weighted by Crippen LogP contribution is 2.28. The quantitative estimate of drug-likeness (QED) is 0.910. The van der Waals surface area contributed by atoms with Crippen molar-refractivity contribution in [3.8, 4) is 0 Å². The van der Waals surface area contributed by atoms with Crippen molar-refractivity contribution >= 4 is 23.2 Å². The zero-order valence-electron chi connectivity index (χ0n) is 9.71. The van der Waals surface area contributed by atoms with Gasteiger partial charge in [-0.3, -0.25) is 0 Å². The van der Waals surface area contributed by atoms with Crippen molar-refractivity contribution in [3.63, 3.8) is 0 Å². The highest BCUT2D eigenvalue weighted by atomic mass is 35.5. The van der Waals surface area contributed by atoms with Gasteiger partial charge in [0.2, 0.25) is 0 Å².